The van der Waals surface area contributed by atoms with Crippen LogP contribution in [0.4, 0.5) is 0 Å². The summed E-state index contributed by atoms with van der Waals surface area (Å²) in [5.74, 6) is -1.07. The number of nitrogens with one attached hydrogen (secondary N) is 1. The van der Waals surface area contributed by atoms with E-state index in [2.05, 4.69) is 31.1 Å². The normalized spacial score (nSPS) is 13.1. The van der Waals surface area contributed by atoms with Crippen LogP contribution in [-0.2, 0) is 14.4 Å². The maximum atomic E-state index is 11.4. The van der Waals surface area contributed by atoms with Crippen LogP contribution in [-0.4, -0.2) is 30.1 Å². The summed E-state index contributed by atoms with van der Waals surface area (Å²) < 4.78 is 0. The Kier molecular flexibility index (Phi) is 7.54. The second-order valence-electron chi connectivity index (χ2n) is 5.39. The van der Waals surface area contributed by atoms with Gasteiger partial charge in [0.05, 0.1) is 0 Å². The van der Waals surface area contributed by atoms with Gasteiger partial charge in [-0.3, -0.25) is 9.63 Å². The molecule has 106 valence electrons. The third kappa shape index (κ3) is 8.03. The van der Waals surface area contributed by atoms with Crippen LogP contribution in [0.15, 0.2) is 0 Å². The molecule has 0 aliphatic heterocycles. The third-order valence-corrected chi connectivity index (χ3v) is 2.84. The summed E-state index contributed by atoms with van der Waals surface area (Å²) in [4.78, 5) is 26.1. The van der Waals surface area contributed by atoms with Crippen molar-refractivity contribution in [1.82, 2.24) is 5.48 Å². The maximum Gasteiger partial charge on any atom is 0.332 e. The second-order valence-corrected chi connectivity index (χ2v) is 5.39. The van der Waals surface area contributed by atoms with Crippen molar-refractivity contribution >= 4 is 11.9 Å². The Bertz CT molecular complexity index is 274. The molecule has 0 fully saturated rings. The van der Waals surface area contributed by atoms with Crippen molar-refractivity contribution in [3.63, 3.8) is 0 Å². The smallest absolute Gasteiger partial charge is 0.332 e. The molecule has 6 heteroatoms. The fourth-order valence-electron chi connectivity index (χ4n) is 1.75. The summed E-state index contributed by atoms with van der Waals surface area (Å²) in [6.45, 7) is 6.42. The van der Waals surface area contributed by atoms with E-state index in [1.165, 1.54) is 0 Å². The number of carboxylic acid groups (broad SMARTS) is 1. The minimum absolute atomic E-state index is 0.0988. The summed E-state index contributed by atoms with van der Waals surface area (Å²) in [5.41, 5.74) is 7.77. The Labute approximate surface area is 108 Å². The van der Waals surface area contributed by atoms with Gasteiger partial charge in [0.1, 0.15) is 0 Å². The fraction of sp³-hybridized carbons (Fsp3) is 0.833. The van der Waals surface area contributed by atoms with Gasteiger partial charge in [-0.05, 0) is 30.7 Å². The van der Waals surface area contributed by atoms with Gasteiger partial charge in [0, 0.05) is 6.42 Å². The summed E-state index contributed by atoms with van der Waals surface area (Å²) >= 11 is 0. The molecule has 0 saturated heterocycles. The first-order chi connectivity index (χ1) is 8.27. The van der Waals surface area contributed by atoms with Crippen LogP contribution in [0.25, 0.3) is 0 Å². The van der Waals surface area contributed by atoms with Crippen LogP contribution in [0.2, 0.25) is 0 Å². The average molecular weight is 260 g/mol. The molecular formula is C12H24N2O4. The summed E-state index contributed by atoms with van der Waals surface area (Å²) in [7, 11) is 0. The lowest BCUT2D eigenvalue weighted by Gasteiger charge is -2.30. The van der Waals surface area contributed by atoms with Crippen LogP contribution in [0.5, 0.6) is 0 Å². The molecule has 0 bridgehead atoms. The Morgan fingerprint density at radius 1 is 1.33 bits per heavy atom. The highest BCUT2D eigenvalue weighted by molar-refractivity contribution is 5.75. The highest BCUT2D eigenvalue weighted by Gasteiger charge is 2.24. The van der Waals surface area contributed by atoms with E-state index in [1.54, 1.807) is 0 Å². The molecule has 0 spiro atoms. The van der Waals surface area contributed by atoms with Gasteiger partial charge in [-0.2, -0.15) is 0 Å². The zero-order valence-electron chi connectivity index (χ0n) is 11.4. The van der Waals surface area contributed by atoms with E-state index >= 15 is 0 Å². The molecule has 0 saturated carbocycles. The Morgan fingerprint density at radius 2 is 1.94 bits per heavy atom. The lowest BCUT2D eigenvalue weighted by molar-refractivity contribution is -0.149. The van der Waals surface area contributed by atoms with Gasteiger partial charge in [-0.25, -0.2) is 10.3 Å². The number of nitrogens with two attached hydrogens (primary N) is 1. The number of carbonyl (C=O) groups is 2. The number of amides is 1. The quantitative estimate of drug-likeness (QED) is 0.563. The van der Waals surface area contributed by atoms with E-state index in [0.717, 1.165) is 6.42 Å². The molecule has 0 radical (unpaired) electrons. The maximum absolute atomic E-state index is 11.4. The monoisotopic (exact) mass is 260 g/mol. The molecule has 0 aliphatic carbocycles. The molecule has 6 nitrogen and oxygen atoms in total. The van der Waals surface area contributed by atoms with E-state index < -0.39 is 12.6 Å². The van der Waals surface area contributed by atoms with Gasteiger partial charge < -0.3 is 10.8 Å². The highest BCUT2D eigenvalue weighted by atomic mass is 16.7. The number of hydroxylamine groups is 1. The summed E-state index contributed by atoms with van der Waals surface area (Å²) in [6, 6.07) is 0. The van der Waals surface area contributed by atoms with Crippen LogP contribution < -0.4 is 11.2 Å². The number of hydrogen-bond acceptors (Lipinski definition) is 4. The van der Waals surface area contributed by atoms with Gasteiger partial charge in [-0.1, -0.05) is 20.8 Å². The van der Waals surface area contributed by atoms with Gasteiger partial charge in [0.25, 0.3) is 0 Å². The molecule has 0 aromatic rings. The first-order valence-corrected chi connectivity index (χ1v) is 6.10. The van der Waals surface area contributed by atoms with Gasteiger partial charge in [-0.15, -0.1) is 0 Å². The highest BCUT2D eigenvalue weighted by Crippen LogP contribution is 2.31. The van der Waals surface area contributed by atoms with Gasteiger partial charge in [0.2, 0.25) is 5.91 Å². The van der Waals surface area contributed by atoms with Crippen molar-refractivity contribution < 1.29 is 19.5 Å². The number of carbonyl (C=O) groups excluding carboxylic acids is 1. The van der Waals surface area contributed by atoms with E-state index in [1.807, 2.05) is 0 Å². The Hall–Kier alpha value is -1.14. The predicted octanol–water partition coefficient (Wildman–Crippen LogP) is 0.910. The lowest BCUT2D eigenvalue weighted by Crippen LogP contribution is -2.29. The topological polar surface area (TPSA) is 102 Å². The molecule has 1 atom stereocenters. The van der Waals surface area contributed by atoms with Crippen molar-refractivity contribution in [2.24, 2.45) is 17.1 Å². The van der Waals surface area contributed by atoms with Gasteiger partial charge in [0.15, 0.2) is 6.61 Å². The minimum atomic E-state index is -1.12. The fourth-order valence-corrected chi connectivity index (χ4v) is 1.75. The van der Waals surface area contributed by atoms with E-state index in [-0.39, 0.29) is 11.3 Å². The van der Waals surface area contributed by atoms with Crippen molar-refractivity contribution in [3.05, 3.63) is 0 Å². The zero-order chi connectivity index (χ0) is 14.2. The van der Waals surface area contributed by atoms with E-state index in [0.29, 0.717) is 25.3 Å². The largest absolute Gasteiger partial charge is 0.479 e. The van der Waals surface area contributed by atoms with Crippen molar-refractivity contribution in [1.29, 1.82) is 0 Å². The predicted molar refractivity (Wildman–Crippen MR) is 67.6 cm³/mol. The molecule has 4 N–H and O–H groups in total. The van der Waals surface area contributed by atoms with Crippen LogP contribution in [0, 0.1) is 11.3 Å². The van der Waals surface area contributed by atoms with Crippen molar-refractivity contribution in [2.75, 3.05) is 13.2 Å². The van der Waals surface area contributed by atoms with Crippen LogP contribution >= 0.6 is 0 Å². The average Bonchev–Trinajstić information content (AvgIpc) is 2.21. The number of hydrogen-bond donors (Lipinski definition) is 3. The van der Waals surface area contributed by atoms with E-state index in [4.69, 9.17) is 10.8 Å². The van der Waals surface area contributed by atoms with Crippen LogP contribution in [0.3, 0.4) is 0 Å². The Balaban J connectivity index is 3.96. The molecular weight excluding hydrogens is 236 g/mol. The number of aliphatic carboxylic acids is 1. The number of rotatable bonds is 8. The molecule has 0 heterocycles. The summed E-state index contributed by atoms with van der Waals surface area (Å²) in [6.07, 6.45) is 1.89. The zero-order valence-corrected chi connectivity index (χ0v) is 11.4. The third-order valence-electron chi connectivity index (χ3n) is 2.84. The first kappa shape index (κ1) is 16.9. The molecule has 1 unspecified atom stereocenters. The van der Waals surface area contributed by atoms with Crippen LogP contribution in [0.1, 0.15) is 40.0 Å². The lowest BCUT2D eigenvalue weighted by atomic mass is 9.76. The number of carboxylic acids is 1. The van der Waals surface area contributed by atoms with E-state index in [9.17, 15) is 9.59 Å². The van der Waals surface area contributed by atoms with Crippen molar-refractivity contribution in [2.45, 2.75) is 40.0 Å². The molecule has 18 heavy (non-hydrogen) atoms. The van der Waals surface area contributed by atoms with Crippen molar-refractivity contribution in [3.8, 4) is 0 Å². The molecule has 0 rings (SSSR count). The minimum Gasteiger partial charge on any atom is -0.479 e. The summed E-state index contributed by atoms with van der Waals surface area (Å²) in [5, 5.41) is 8.33. The standard InChI is InChI=1S/C12H24N2O4/c1-12(2,3)9(6-7-13)4-5-10(15)14-18-8-11(16)17/h9H,4-8,13H2,1-3H3,(H,14,15)(H,16,17). The SMILES string of the molecule is CC(C)(C)C(CCN)CCC(=O)NOCC(=O)O. The molecule has 1 amide bonds. The molecule has 0 aromatic carbocycles. The second kappa shape index (κ2) is 8.05. The first-order valence-electron chi connectivity index (χ1n) is 6.10. The molecule has 0 aliphatic rings. The molecule has 0 aromatic heterocycles. The Morgan fingerprint density at radius 3 is 2.39 bits per heavy atom. The van der Waals surface area contributed by atoms with Gasteiger partial charge >= 0.3 is 5.97 Å².